The third-order valence-electron chi connectivity index (χ3n) is 15.9. The first kappa shape index (κ1) is 46.9. The molecule has 5 N–H and O–H groups in total. The van der Waals surface area contributed by atoms with Crippen molar-refractivity contribution < 1.29 is 58.6 Å². The predicted molar refractivity (Wildman–Crippen MR) is 226 cm³/mol. The van der Waals surface area contributed by atoms with Crippen molar-refractivity contribution in [3.05, 3.63) is 52.7 Å². The molecule has 12 atom stereocenters. The van der Waals surface area contributed by atoms with Gasteiger partial charge in [-0.2, -0.15) is 0 Å². The zero-order valence-corrected chi connectivity index (χ0v) is 37.7. The normalized spacial score (nSPS) is 37.0. The summed E-state index contributed by atoms with van der Waals surface area (Å²) in [5.41, 5.74) is -2.09. The first-order valence-electron chi connectivity index (χ1n) is 22.0. The number of fused-ring (bicyclic) bond motifs is 4. The smallest absolute Gasteiger partial charge is 0.354 e. The van der Waals surface area contributed by atoms with Crippen LogP contribution in [0.4, 0.5) is 0 Å². The number of benzene rings is 1. The molecular weight excluding hydrogens is 783 g/mol. The molecule has 338 valence electrons. The van der Waals surface area contributed by atoms with Gasteiger partial charge in [0.15, 0.2) is 6.29 Å². The molecule has 3 unspecified atom stereocenters. The van der Waals surface area contributed by atoms with Gasteiger partial charge in [0.05, 0.1) is 43.4 Å². The molecule has 0 spiro atoms. The largest absolute Gasteiger partial charge is 0.464 e. The van der Waals surface area contributed by atoms with Crippen LogP contribution in [0.2, 0.25) is 0 Å². The van der Waals surface area contributed by atoms with Crippen molar-refractivity contribution in [1.82, 2.24) is 5.32 Å². The maximum Gasteiger partial charge on any atom is 0.354 e. The Balaban J connectivity index is 1.21. The Kier molecular flexibility index (Phi) is 12.9. The van der Waals surface area contributed by atoms with E-state index in [4.69, 9.17) is 18.9 Å². The summed E-state index contributed by atoms with van der Waals surface area (Å²) in [4.78, 5) is 52.2. The molecule has 2 saturated carbocycles. The highest BCUT2D eigenvalue weighted by atomic mass is 16.6. The van der Waals surface area contributed by atoms with E-state index >= 15 is 0 Å². The molecule has 0 aromatic heterocycles. The Morgan fingerprint density at radius 3 is 2.20 bits per heavy atom. The van der Waals surface area contributed by atoms with E-state index in [2.05, 4.69) is 26.1 Å². The lowest BCUT2D eigenvalue weighted by atomic mass is 9.42. The molecule has 0 radical (unpaired) electrons. The standard InChI is InChI=1S/C48H69NO12/c1-27(50)59-34-24-46(7)32-23-36(51)48(9)30(29-16-19-37(44(4,5)56)60-41(29)54)20-21-47(48,8)31(32)17-18-35(46)43(2,3)40(34)61-39(53)26-45(6,57)25-38(52)49-33(42(55)58-10)22-28-14-12-11-13-15-28/h11-15,22,29-30,34-37,40-41,51,54,56-57H,16-21,23-26H2,1-10H3,(H,49,52)/b33-22-/t29-,30-,34-,35?,36+,37-,40+,41?,45?,46-,47+,48+/m1/s1. The molecule has 13 heteroatoms. The summed E-state index contributed by atoms with van der Waals surface area (Å²) < 4.78 is 23.1. The summed E-state index contributed by atoms with van der Waals surface area (Å²) in [6.45, 7) is 16.8. The Labute approximate surface area is 360 Å². The number of aliphatic hydroxyl groups excluding tert-OH is 2. The average Bonchev–Trinajstić information content (AvgIpc) is 3.44. The molecule has 1 saturated heterocycles. The molecule has 1 amide bonds. The third kappa shape index (κ3) is 8.71. The first-order valence-corrected chi connectivity index (χ1v) is 22.0. The second kappa shape index (κ2) is 16.8. The SMILES string of the molecule is COC(=O)/C(=C/c1ccccc1)NC(=O)CC(C)(O)CC(=O)O[C@H]1[C@H](OC(C)=O)C[C@]2(C)C3=C(CCC2C1(C)C)[C@]1(C)CC[C@H]([C@H]2CC[C@H](C(C)(C)O)OC2O)[C@@]1(C)[C@@H](O)C3. The highest BCUT2D eigenvalue weighted by molar-refractivity contribution is 5.98. The van der Waals surface area contributed by atoms with Gasteiger partial charge in [-0.05, 0) is 106 Å². The summed E-state index contributed by atoms with van der Waals surface area (Å²) in [7, 11) is 1.19. The number of carbonyl (C=O) groups is 4. The molecule has 1 aliphatic heterocycles. The van der Waals surface area contributed by atoms with Crippen molar-refractivity contribution in [1.29, 1.82) is 0 Å². The van der Waals surface area contributed by atoms with Crippen molar-refractivity contribution in [3.8, 4) is 0 Å². The zero-order chi connectivity index (χ0) is 45.1. The average molecular weight is 852 g/mol. The van der Waals surface area contributed by atoms with Crippen LogP contribution < -0.4 is 5.32 Å². The van der Waals surface area contributed by atoms with Crippen molar-refractivity contribution in [3.63, 3.8) is 0 Å². The van der Waals surface area contributed by atoms with E-state index in [-0.39, 0.29) is 28.9 Å². The number of hydrogen-bond acceptors (Lipinski definition) is 12. The maximum atomic E-state index is 13.8. The van der Waals surface area contributed by atoms with Gasteiger partial charge in [-0.3, -0.25) is 14.4 Å². The van der Waals surface area contributed by atoms with Crippen molar-refractivity contribution >= 4 is 29.9 Å². The van der Waals surface area contributed by atoms with Crippen LogP contribution in [0.1, 0.15) is 132 Å². The first-order chi connectivity index (χ1) is 28.3. The second-order valence-corrected chi connectivity index (χ2v) is 20.8. The minimum absolute atomic E-state index is 0.00541. The van der Waals surface area contributed by atoms with Crippen molar-refractivity contribution in [2.75, 3.05) is 7.11 Å². The van der Waals surface area contributed by atoms with Crippen LogP contribution in [0.5, 0.6) is 0 Å². The predicted octanol–water partition coefficient (Wildman–Crippen LogP) is 5.91. The Morgan fingerprint density at radius 2 is 1.59 bits per heavy atom. The highest BCUT2D eigenvalue weighted by Crippen LogP contribution is 2.73. The van der Waals surface area contributed by atoms with Gasteiger partial charge in [-0.1, -0.05) is 76.1 Å². The fraction of sp³-hybridized carbons (Fsp3) is 0.708. The molecule has 0 bridgehead atoms. The molecule has 61 heavy (non-hydrogen) atoms. The van der Waals surface area contributed by atoms with E-state index in [0.29, 0.717) is 31.2 Å². The number of amides is 1. The quantitative estimate of drug-likeness (QED) is 0.0766. The number of nitrogens with one attached hydrogen (secondary N) is 1. The summed E-state index contributed by atoms with van der Waals surface area (Å²) in [6, 6.07) is 8.86. The number of methoxy groups -OCH3 is 1. The van der Waals surface area contributed by atoms with Gasteiger partial charge in [0.2, 0.25) is 5.91 Å². The van der Waals surface area contributed by atoms with E-state index in [1.807, 2.05) is 19.9 Å². The Bertz CT molecular complexity index is 1920. The van der Waals surface area contributed by atoms with Gasteiger partial charge in [-0.25, -0.2) is 4.79 Å². The van der Waals surface area contributed by atoms with E-state index < -0.39 is 94.8 Å². The lowest BCUT2D eigenvalue weighted by Gasteiger charge is -2.64. The van der Waals surface area contributed by atoms with Crippen molar-refractivity contribution in [2.45, 2.75) is 168 Å². The van der Waals surface area contributed by atoms with Crippen LogP contribution in [0.3, 0.4) is 0 Å². The van der Waals surface area contributed by atoms with Gasteiger partial charge in [0, 0.05) is 23.7 Å². The number of carbonyl (C=O) groups excluding carboxylic acids is 4. The monoisotopic (exact) mass is 851 g/mol. The molecule has 13 nitrogen and oxygen atoms in total. The highest BCUT2D eigenvalue weighted by Gasteiger charge is 2.69. The van der Waals surface area contributed by atoms with Gasteiger partial charge >= 0.3 is 17.9 Å². The molecular formula is C48H69NO12. The summed E-state index contributed by atoms with van der Waals surface area (Å²) in [5, 5.41) is 48.3. The number of allylic oxidation sites excluding steroid dienone is 1. The minimum Gasteiger partial charge on any atom is -0.464 e. The molecule has 1 heterocycles. The van der Waals surface area contributed by atoms with Gasteiger partial charge in [0.25, 0.3) is 0 Å². The third-order valence-corrected chi connectivity index (χ3v) is 15.9. The maximum absolute atomic E-state index is 13.8. The topological polar surface area (TPSA) is 198 Å². The van der Waals surface area contributed by atoms with E-state index in [1.165, 1.54) is 38.2 Å². The van der Waals surface area contributed by atoms with Gasteiger partial charge in [-0.15, -0.1) is 0 Å². The van der Waals surface area contributed by atoms with Gasteiger partial charge < -0.3 is 44.7 Å². The minimum atomic E-state index is -1.86. The number of rotatable bonds is 11. The van der Waals surface area contributed by atoms with Crippen LogP contribution in [-0.2, 0) is 38.1 Å². The molecule has 3 fully saturated rings. The van der Waals surface area contributed by atoms with Crippen LogP contribution >= 0.6 is 0 Å². The summed E-state index contributed by atoms with van der Waals surface area (Å²) in [5.74, 6) is -3.00. The van der Waals surface area contributed by atoms with Crippen LogP contribution in [-0.4, -0.2) is 93.3 Å². The lowest BCUT2D eigenvalue weighted by molar-refractivity contribution is -0.251. The van der Waals surface area contributed by atoms with E-state index in [0.717, 1.165) is 25.7 Å². The second-order valence-electron chi connectivity index (χ2n) is 20.8. The fourth-order valence-corrected chi connectivity index (χ4v) is 12.9. The van der Waals surface area contributed by atoms with E-state index in [1.54, 1.807) is 38.1 Å². The Morgan fingerprint density at radius 1 is 0.918 bits per heavy atom. The number of esters is 3. The van der Waals surface area contributed by atoms with E-state index in [9.17, 15) is 39.6 Å². The summed E-state index contributed by atoms with van der Waals surface area (Å²) in [6.07, 6.45) is 1.73. The molecule has 6 rings (SSSR count). The summed E-state index contributed by atoms with van der Waals surface area (Å²) >= 11 is 0. The van der Waals surface area contributed by atoms with Crippen LogP contribution in [0.25, 0.3) is 6.08 Å². The fourth-order valence-electron chi connectivity index (χ4n) is 12.9. The molecule has 4 aliphatic carbocycles. The lowest BCUT2D eigenvalue weighted by Crippen LogP contribution is -2.63. The Hall–Kier alpha value is -3.62. The van der Waals surface area contributed by atoms with Crippen LogP contribution in [0.15, 0.2) is 47.2 Å². The molecule has 5 aliphatic rings. The number of hydrogen-bond donors (Lipinski definition) is 5. The van der Waals surface area contributed by atoms with Crippen LogP contribution in [0, 0.1) is 39.4 Å². The van der Waals surface area contributed by atoms with Gasteiger partial charge in [0.1, 0.15) is 17.9 Å². The molecule has 1 aromatic carbocycles. The van der Waals surface area contributed by atoms with Crippen molar-refractivity contribution in [2.24, 2.45) is 39.4 Å². The molecule has 1 aromatic rings. The number of aliphatic hydroxyl groups is 4. The number of ether oxygens (including phenoxy) is 4. The zero-order valence-electron chi connectivity index (χ0n) is 37.7.